The van der Waals surface area contributed by atoms with Crippen LogP contribution in [0.3, 0.4) is 0 Å². The summed E-state index contributed by atoms with van der Waals surface area (Å²) in [5.41, 5.74) is 0.484. The fraction of sp³-hybridized carbons (Fsp3) is 0.500. The van der Waals surface area contributed by atoms with E-state index < -0.39 is 12.1 Å². The zero-order valence-electron chi connectivity index (χ0n) is 11.3. The van der Waals surface area contributed by atoms with Gasteiger partial charge in [-0.05, 0) is 13.3 Å². The van der Waals surface area contributed by atoms with Crippen molar-refractivity contribution in [3.8, 4) is 0 Å². The predicted molar refractivity (Wildman–Crippen MR) is 69.7 cm³/mol. The van der Waals surface area contributed by atoms with E-state index in [-0.39, 0.29) is 19.0 Å². The zero-order chi connectivity index (χ0) is 15.0. The van der Waals surface area contributed by atoms with E-state index in [2.05, 4.69) is 22.2 Å². The third kappa shape index (κ3) is 5.61. The third-order valence-corrected chi connectivity index (χ3v) is 2.39. The standard InChI is InChI=1S/C12H18N4O4/c1-3-4-5-20-9(2)12(19)13-6-10-7-16(15-14-10)8-11(17)18/h3,7,9H,1,4-6,8H2,2H3,(H,13,19)(H,17,18). The minimum atomic E-state index is -1.00. The van der Waals surface area contributed by atoms with Gasteiger partial charge < -0.3 is 15.2 Å². The Hall–Kier alpha value is -2.22. The van der Waals surface area contributed by atoms with Crippen LogP contribution in [0.5, 0.6) is 0 Å². The number of carboxylic acid groups (broad SMARTS) is 1. The van der Waals surface area contributed by atoms with Crippen molar-refractivity contribution in [2.24, 2.45) is 0 Å². The Morgan fingerprint density at radius 2 is 2.40 bits per heavy atom. The summed E-state index contributed by atoms with van der Waals surface area (Å²) in [5, 5.41) is 18.6. The number of carboxylic acids is 1. The summed E-state index contributed by atoms with van der Waals surface area (Å²) in [6.45, 7) is 5.56. The molecule has 8 nitrogen and oxygen atoms in total. The molecule has 0 fully saturated rings. The second-order valence-corrected chi connectivity index (χ2v) is 4.11. The van der Waals surface area contributed by atoms with Gasteiger partial charge in [-0.15, -0.1) is 11.7 Å². The number of aromatic nitrogens is 3. The topological polar surface area (TPSA) is 106 Å². The van der Waals surface area contributed by atoms with Crippen molar-refractivity contribution < 1.29 is 19.4 Å². The average molecular weight is 282 g/mol. The largest absolute Gasteiger partial charge is 0.480 e. The fourth-order valence-electron chi connectivity index (χ4n) is 1.36. The smallest absolute Gasteiger partial charge is 0.325 e. The quantitative estimate of drug-likeness (QED) is 0.486. The highest BCUT2D eigenvalue weighted by Gasteiger charge is 2.13. The molecule has 0 spiro atoms. The Bertz CT molecular complexity index is 472. The number of hydrogen-bond acceptors (Lipinski definition) is 5. The molecule has 1 aromatic rings. The summed E-state index contributed by atoms with van der Waals surface area (Å²) in [5.74, 6) is -1.27. The van der Waals surface area contributed by atoms with Gasteiger partial charge in [0.25, 0.3) is 0 Å². The lowest BCUT2D eigenvalue weighted by Crippen LogP contribution is -2.34. The van der Waals surface area contributed by atoms with Crippen LogP contribution in [0.4, 0.5) is 0 Å². The van der Waals surface area contributed by atoms with E-state index in [1.807, 2.05) is 0 Å². The number of aliphatic carboxylic acids is 1. The Morgan fingerprint density at radius 3 is 3.05 bits per heavy atom. The molecule has 0 aliphatic carbocycles. The second kappa shape index (κ2) is 8.05. The summed E-state index contributed by atoms with van der Waals surface area (Å²) in [6, 6.07) is 0. The van der Waals surface area contributed by atoms with E-state index >= 15 is 0 Å². The van der Waals surface area contributed by atoms with E-state index in [0.717, 1.165) is 0 Å². The number of carbonyl (C=O) groups is 2. The Morgan fingerprint density at radius 1 is 1.65 bits per heavy atom. The molecule has 1 atom stereocenters. The molecule has 0 aliphatic rings. The molecular weight excluding hydrogens is 264 g/mol. The SMILES string of the molecule is C=CCCOC(C)C(=O)NCc1cn(CC(=O)O)nn1. The molecule has 0 aliphatic heterocycles. The highest BCUT2D eigenvalue weighted by atomic mass is 16.5. The van der Waals surface area contributed by atoms with Crippen LogP contribution in [0.1, 0.15) is 19.0 Å². The van der Waals surface area contributed by atoms with Gasteiger partial charge >= 0.3 is 5.97 Å². The van der Waals surface area contributed by atoms with E-state index in [1.165, 1.54) is 10.9 Å². The number of carbonyl (C=O) groups excluding carboxylic acids is 1. The first kappa shape index (κ1) is 15.8. The molecule has 1 aromatic heterocycles. The number of hydrogen-bond donors (Lipinski definition) is 2. The van der Waals surface area contributed by atoms with Crippen LogP contribution in [0.15, 0.2) is 18.9 Å². The Labute approximate surface area is 116 Å². The Kier molecular flexibility index (Phi) is 6.38. The van der Waals surface area contributed by atoms with Crippen molar-refractivity contribution in [2.75, 3.05) is 6.61 Å². The number of nitrogens with zero attached hydrogens (tertiary/aromatic N) is 3. The fourth-order valence-corrected chi connectivity index (χ4v) is 1.36. The summed E-state index contributed by atoms with van der Waals surface area (Å²) in [6.07, 6.45) is 3.30. The summed E-state index contributed by atoms with van der Waals surface area (Å²) >= 11 is 0. The normalized spacial score (nSPS) is 11.8. The number of nitrogens with one attached hydrogen (secondary N) is 1. The van der Waals surface area contributed by atoms with Crippen LogP contribution in [-0.2, 0) is 27.4 Å². The molecule has 2 N–H and O–H groups in total. The summed E-state index contributed by atoms with van der Waals surface area (Å²) in [7, 11) is 0. The lowest BCUT2D eigenvalue weighted by atomic mass is 10.3. The van der Waals surface area contributed by atoms with Gasteiger partial charge in [-0.3, -0.25) is 9.59 Å². The molecule has 0 radical (unpaired) electrons. The van der Waals surface area contributed by atoms with Gasteiger partial charge in [0.15, 0.2) is 0 Å². The number of rotatable bonds is 9. The van der Waals surface area contributed by atoms with Crippen molar-refractivity contribution in [3.63, 3.8) is 0 Å². The first-order valence-corrected chi connectivity index (χ1v) is 6.14. The predicted octanol–water partition coefficient (Wildman–Crippen LogP) is -0.0399. The van der Waals surface area contributed by atoms with Gasteiger partial charge in [0.05, 0.1) is 19.3 Å². The maximum absolute atomic E-state index is 11.7. The molecule has 0 aromatic carbocycles. The summed E-state index contributed by atoms with van der Waals surface area (Å²) < 4.78 is 6.48. The molecule has 0 saturated carbocycles. The molecule has 0 saturated heterocycles. The molecule has 20 heavy (non-hydrogen) atoms. The van der Waals surface area contributed by atoms with E-state index in [1.54, 1.807) is 13.0 Å². The van der Waals surface area contributed by atoms with Crippen LogP contribution in [-0.4, -0.2) is 44.7 Å². The minimum Gasteiger partial charge on any atom is -0.480 e. The molecule has 1 amide bonds. The second-order valence-electron chi connectivity index (χ2n) is 4.11. The lowest BCUT2D eigenvalue weighted by Gasteiger charge is -2.11. The van der Waals surface area contributed by atoms with Gasteiger partial charge in [0, 0.05) is 0 Å². The zero-order valence-corrected chi connectivity index (χ0v) is 11.3. The minimum absolute atomic E-state index is 0.174. The van der Waals surface area contributed by atoms with Crippen molar-refractivity contribution >= 4 is 11.9 Å². The van der Waals surface area contributed by atoms with Crippen LogP contribution >= 0.6 is 0 Å². The van der Waals surface area contributed by atoms with E-state index in [9.17, 15) is 9.59 Å². The maximum atomic E-state index is 11.7. The van der Waals surface area contributed by atoms with Gasteiger partial charge in [0.2, 0.25) is 5.91 Å². The van der Waals surface area contributed by atoms with Crippen molar-refractivity contribution in [1.82, 2.24) is 20.3 Å². The van der Waals surface area contributed by atoms with Crippen molar-refractivity contribution in [2.45, 2.75) is 32.5 Å². The monoisotopic (exact) mass is 282 g/mol. The van der Waals surface area contributed by atoms with Gasteiger partial charge in [0.1, 0.15) is 18.3 Å². The van der Waals surface area contributed by atoms with Crippen LogP contribution < -0.4 is 5.32 Å². The highest BCUT2D eigenvalue weighted by molar-refractivity contribution is 5.80. The summed E-state index contributed by atoms with van der Waals surface area (Å²) in [4.78, 5) is 22.2. The van der Waals surface area contributed by atoms with Gasteiger partial charge in [-0.2, -0.15) is 0 Å². The van der Waals surface area contributed by atoms with Crippen molar-refractivity contribution in [3.05, 3.63) is 24.5 Å². The molecular formula is C12H18N4O4. The van der Waals surface area contributed by atoms with Crippen LogP contribution in [0.2, 0.25) is 0 Å². The molecule has 1 heterocycles. The van der Waals surface area contributed by atoms with Crippen molar-refractivity contribution in [1.29, 1.82) is 0 Å². The number of amides is 1. The first-order chi connectivity index (χ1) is 9.52. The first-order valence-electron chi connectivity index (χ1n) is 6.14. The van der Waals surface area contributed by atoms with E-state index in [4.69, 9.17) is 9.84 Å². The van der Waals surface area contributed by atoms with Crippen LogP contribution in [0.25, 0.3) is 0 Å². The molecule has 8 heteroatoms. The molecule has 1 rings (SSSR count). The van der Waals surface area contributed by atoms with Crippen LogP contribution in [0, 0.1) is 0 Å². The lowest BCUT2D eigenvalue weighted by molar-refractivity contribution is -0.138. The molecule has 1 unspecified atom stereocenters. The highest BCUT2D eigenvalue weighted by Crippen LogP contribution is 1.96. The van der Waals surface area contributed by atoms with Gasteiger partial charge in [-0.1, -0.05) is 11.3 Å². The number of ether oxygens (including phenoxy) is 1. The molecule has 0 bridgehead atoms. The Balaban J connectivity index is 2.34. The van der Waals surface area contributed by atoms with E-state index in [0.29, 0.717) is 18.7 Å². The maximum Gasteiger partial charge on any atom is 0.325 e. The third-order valence-electron chi connectivity index (χ3n) is 2.39. The average Bonchev–Trinajstić information content (AvgIpc) is 2.82. The van der Waals surface area contributed by atoms with Gasteiger partial charge in [-0.25, -0.2) is 4.68 Å². The molecule has 110 valence electrons.